The molecular weight excluding hydrogens is 390 g/mol. The van der Waals surface area contributed by atoms with Crippen LogP contribution in [0, 0.1) is 6.92 Å². The van der Waals surface area contributed by atoms with Gasteiger partial charge in [-0.1, -0.05) is 18.2 Å². The Kier molecular flexibility index (Phi) is 5.24. The Balaban J connectivity index is 1.75. The second-order valence-corrected chi connectivity index (χ2v) is 9.23. The highest BCUT2D eigenvalue weighted by Gasteiger charge is 2.19. The van der Waals surface area contributed by atoms with Crippen molar-refractivity contribution in [2.75, 3.05) is 0 Å². The Hall–Kier alpha value is -2.07. The molecule has 1 atom stereocenters. The van der Waals surface area contributed by atoms with Crippen molar-refractivity contribution in [3.8, 4) is 9.88 Å². The van der Waals surface area contributed by atoms with Crippen LogP contribution in [-0.2, 0) is 10.0 Å². The maximum atomic E-state index is 12.6. The van der Waals surface area contributed by atoms with E-state index in [-0.39, 0.29) is 16.8 Å². The average molecular weight is 408 g/mol. The molecule has 0 bridgehead atoms. The van der Waals surface area contributed by atoms with Gasteiger partial charge in [0, 0.05) is 0 Å². The molecule has 0 unspecified atom stereocenters. The van der Waals surface area contributed by atoms with Crippen LogP contribution >= 0.6 is 22.7 Å². The van der Waals surface area contributed by atoms with E-state index >= 15 is 0 Å². The molecule has 0 saturated carbocycles. The van der Waals surface area contributed by atoms with E-state index in [1.807, 2.05) is 31.4 Å². The Morgan fingerprint density at radius 2 is 1.92 bits per heavy atom. The molecule has 0 aliphatic rings. The summed E-state index contributed by atoms with van der Waals surface area (Å²) >= 11 is 2.94. The van der Waals surface area contributed by atoms with Crippen LogP contribution in [-0.4, -0.2) is 19.3 Å². The van der Waals surface area contributed by atoms with Crippen molar-refractivity contribution < 1.29 is 13.2 Å². The number of amides is 1. The van der Waals surface area contributed by atoms with Crippen LogP contribution in [0.2, 0.25) is 0 Å². The van der Waals surface area contributed by atoms with Crippen LogP contribution < -0.4 is 10.5 Å². The summed E-state index contributed by atoms with van der Waals surface area (Å²) in [6.07, 6.45) is 0. The van der Waals surface area contributed by atoms with Crippen molar-refractivity contribution in [3.05, 3.63) is 57.9 Å². The van der Waals surface area contributed by atoms with E-state index in [4.69, 9.17) is 5.14 Å². The summed E-state index contributed by atoms with van der Waals surface area (Å²) in [4.78, 5) is 18.7. The van der Waals surface area contributed by atoms with Gasteiger partial charge in [0.25, 0.3) is 5.91 Å². The van der Waals surface area contributed by atoms with Gasteiger partial charge >= 0.3 is 0 Å². The van der Waals surface area contributed by atoms with Gasteiger partial charge in [-0.2, -0.15) is 0 Å². The average Bonchev–Trinajstić information content (AvgIpc) is 3.23. The van der Waals surface area contributed by atoms with Gasteiger partial charge < -0.3 is 5.32 Å². The predicted molar refractivity (Wildman–Crippen MR) is 104 cm³/mol. The van der Waals surface area contributed by atoms with E-state index in [9.17, 15) is 13.2 Å². The lowest BCUT2D eigenvalue weighted by molar-refractivity contribution is 0.0943. The Morgan fingerprint density at radius 3 is 2.50 bits per heavy atom. The van der Waals surface area contributed by atoms with Gasteiger partial charge in [0.2, 0.25) is 10.0 Å². The summed E-state index contributed by atoms with van der Waals surface area (Å²) in [5.74, 6) is -0.203. The molecule has 0 fully saturated rings. The molecule has 0 aliphatic carbocycles. The van der Waals surface area contributed by atoms with Gasteiger partial charge in [-0.3, -0.25) is 4.79 Å². The highest BCUT2D eigenvalue weighted by molar-refractivity contribution is 7.89. The van der Waals surface area contributed by atoms with Crippen LogP contribution in [0.1, 0.15) is 33.9 Å². The number of carbonyl (C=O) groups is 1. The lowest BCUT2D eigenvalue weighted by Crippen LogP contribution is -2.26. The quantitative estimate of drug-likeness (QED) is 0.677. The largest absolute Gasteiger partial charge is 0.345 e. The fourth-order valence-corrected chi connectivity index (χ4v) is 4.69. The number of primary sulfonamides is 1. The molecule has 3 N–H and O–H groups in total. The third-order valence-corrected chi connectivity index (χ3v) is 6.92. The lowest BCUT2D eigenvalue weighted by Gasteiger charge is -2.14. The van der Waals surface area contributed by atoms with Crippen molar-refractivity contribution >= 4 is 38.6 Å². The number of sulfonamides is 1. The van der Waals surface area contributed by atoms with Gasteiger partial charge in [0.05, 0.1) is 21.5 Å². The summed E-state index contributed by atoms with van der Waals surface area (Å²) in [7, 11) is -3.73. The Bertz CT molecular complexity index is 1020. The Labute approximate surface area is 159 Å². The third kappa shape index (κ3) is 4.01. The second-order valence-electron chi connectivity index (χ2n) is 5.72. The maximum Gasteiger partial charge on any atom is 0.263 e. The van der Waals surface area contributed by atoms with E-state index in [2.05, 4.69) is 10.3 Å². The van der Waals surface area contributed by atoms with Gasteiger partial charge in [-0.05, 0) is 43.0 Å². The number of thiazole rings is 1. The molecule has 2 heterocycles. The van der Waals surface area contributed by atoms with E-state index in [0.29, 0.717) is 10.6 Å². The normalized spacial score (nSPS) is 12.7. The highest BCUT2D eigenvalue weighted by atomic mass is 32.2. The predicted octanol–water partition coefficient (Wildman–Crippen LogP) is 3.32. The number of hydrogen-bond acceptors (Lipinski definition) is 6. The number of aromatic nitrogens is 1. The van der Waals surface area contributed by atoms with Crippen LogP contribution in [0.15, 0.2) is 46.7 Å². The molecule has 1 aromatic carbocycles. The molecule has 3 rings (SSSR count). The van der Waals surface area contributed by atoms with Crippen LogP contribution in [0.4, 0.5) is 0 Å². The topological polar surface area (TPSA) is 102 Å². The van der Waals surface area contributed by atoms with Crippen LogP contribution in [0.5, 0.6) is 0 Å². The number of hydrogen-bond donors (Lipinski definition) is 2. The summed E-state index contributed by atoms with van der Waals surface area (Å²) in [6, 6.07) is 9.77. The first-order valence-electron chi connectivity index (χ1n) is 7.70. The number of nitrogens with two attached hydrogens (primary N) is 1. The van der Waals surface area contributed by atoms with E-state index < -0.39 is 10.0 Å². The fraction of sp³-hybridized carbons (Fsp3) is 0.176. The number of nitrogens with zero attached hydrogens (tertiary/aromatic N) is 1. The van der Waals surface area contributed by atoms with Gasteiger partial charge in [0.1, 0.15) is 9.88 Å². The Morgan fingerprint density at radius 1 is 1.23 bits per heavy atom. The highest BCUT2D eigenvalue weighted by Crippen LogP contribution is 2.31. The fourth-order valence-electron chi connectivity index (χ4n) is 2.40. The molecule has 2 aromatic heterocycles. The number of rotatable bonds is 5. The number of nitrogens with one attached hydrogen (secondary N) is 1. The molecule has 0 aliphatic heterocycles. The standard InChI is InChI=1S/C17H17N3O3S3/c1-10(12-5-7-13(8-6-12)26(18,22)23)19-16(21)15-11(2)20-17(25-15)14-4-3-9-24-14/h3-10H,1-2H3,(H,19,21)(H2,18,22,23)/t10-/m1/s1. The van der Waals surface area contributed by atoms with Crippen LogP contribution in [0.3, 0.4) is 0 Å². The van der Waals surface area contributed by atoms with E-state index in [0.717, 1.165) is 15.4 Å². The first kappa shape index (κ1) is 18.7. The van der Waals surface area contributed by atoms with Crippen molar-refractivity contribution in [1.82, 2.24) is 10.3 Å². The minimum atomic E-state index is -3.73. The van der Waals surface area contributed by atoms with E-state index in [1.54, 1.807) is 23.5 Å². The van der Waals surface area contributed by atoms with Crippen molar-refractivity contribution in [3.63, 3.8) is 0 Å². The van der Waals surface area contributed by atoms with E-state index in [1.165, 1.54) is 23.5 Å². The minimum absolute atomic E-state index is 0.0404. The molecule has 1 amide bonds. The summed E-state index contributed by atoms with van der Waals surface area (Å²) < 4.78 is 22.6. The lowest BCUT2D eigenvalue weighted by atomic mass is 10.1. The van der Waals surface area contributed by atoms with Gasteiger partial charge in [0.15, 0.2) is 0 Å². The molecule has 9 heteroatoms. The summed E-state index contributed by atoms with van der Waals surface area (Å²) in [5.41, 5.74) is 1.47. The minimum Gasteiger partial charge on any atom is -0.345 e. The molecule has 136 valence electrons. The molecular formula is C17H17N3O3S3. The molecule has 3 aromatic rings. The summed E-state index contributed by atoms with van der Waals surface area (Å²) in [5, 5.41) is 10.8. The number of benzene rings is 1. The zero-order valence-corrected chi connectivity index (χ0v) is 16.5. The van der Waals surface area contributed by atoms with Crippen molar-refractivity contribution in [1.29, 1.82) is 0 Å². The maximum absolute atomic E-state index is 12.6. The monoisotopic (exact) mass is 407 g/mol. The van der Waals surface area contributed by atoms with Crippen molar-refractivity contribution in [2.24, 2.45) is 5.14 Å². The van der Waals surface area contributed by atoms with Gasteiger partial charge in [-0.15, -0.1) is 22.7 Å². The molecule has 0 saturated heterocycles. The number of carbonyl (C=O) groups excluding carboxylic acids is 1. The first-order valence-corrected chi connectivity index (χ1v) is 10.9. The van der Waals surface area contributed by atoms with Gasteiger partial charge in [-0.25, -0.2) is 18.5 Å². The zero-order valence-electron chi connectivity index (χ0n) is 14.1. The number of aryl methyl sites for hydroxylation is 1. The first-order chi connectivity index (χ1) is 12.3. The number of thiophene rings is 1. The SMILES string of the molecule is Cc1nc(-c2cccs2)sc1C(=O)N[C@H](C)c1ccc(S(N)(=O)=O)cc1. The second kappa shape index (κ2) is 7.28. The van der Waals surface area contributed by atoms with Crippen molar-refractivity contribution in [2.45, 2.75) is 24.8 Å². The third-order valence-electron chi connectivity index (χ3n) is 3.79. The zero-order chi connectivity index (χ0) is 18.9. The molecule has 6 nitrogen and oxygen atoms in total. The molecule has 0 radical (unpaired) electrons. The molecule has 0 spiro atoms. The summed E-state index contributed by atoms with van der Waals surface area (Å²) in [6.45, 7) is 3.65. The van der Waals surface area contributed by atoms with Crippen LogP contribution in [0.25, 0.3) is 9.88 Å². The molecule has 26 heavy (non-hydrogen) atoms. The smallest absolute Gasteiger partial charge is 0.263 e.